The van der Waals surface area contributed by atoms with Crippen molar-refractivity contribution in [1.82, 2.24) is 0 Å². The molecule has 1 N–H and O–H groups in total. The Hall–Kier alpha value is -2.95. The first-order valence-electron chi connectivity index (χ1n) is 9.55. The topological polar surface area (TPSA) is 72.5 Å². The van der Waals surface area contributed by atoms with Gasteiger partial charge >= 0.3 is 5.97 Å². The van der Waals surface area contributed by atoms with E-state index in [1.807, 2.05) is 51.1 Å². The van der Waals surface area contributed by atoms with Crippen LogP contribution in [0.2, 0.25) is 0 Å². The molecule has 28 heavy (non-hydrogen) atoms. The lowest BCUT2D eigenvalue weighted by atomic mass is 9.97. The summed E-state index contributed by atoms with van der Waals surface area (Å²) in [6.45, 7) is 5.56. The number of carbonyl (C=O) groups excluding carboxylic acids is 3. The molecule has 0 bridgehead atoms. The molecule has 0 aliphatic rings. The number of carbonyl (C=O) groups is 3. The molecular formula is C23H27NO4. The minimum atomic E-state index is -0.403. The highest BCUT2D eigenvalue weighted by atomic mass is 16.5. The molecule has 5 nitrogen and oxygen atoms in total. The van der Waals surface area contributed by atoms with Crippen molar-refractivity contribution in [1.29, 1.82) is 0 Å². The Morgan fingerprint density at radius 2 is 1.61 bits per heavy atom. The third-order valence-electron chi connectivity index (χ3n) is 4.32. The number of ketones is 1. The Morgan fingerprint density at radius 3 is 2.18 bits per heavy atom. The van der Waals surface area contributed by atoms with Crippen LogP contribution in [-0.4, -0.2) is 24.3 Å². The van der Waals surface area contributed by atoms with E-state index >= 15 is 0 Å². The van der Waals surface area contributed by atoms with Crippen molar-refractivity contribution in [2.45, 2.75) is 39.5 Å². The third kappa shape index (κ3) is 6.34. The van der Waals surface area contributed by atoms with Crippen LogP contribution in [0.1, 0.15) is 55.5 Å². The summed E-state index contributed by atoms with van der Waals surface area (Å²) in [7, 11) is 0. The van der Waals surface area contributed by atoms with E-state index in [9.17, 15) is 14.4 Å². The molecule has 0 aromatic heterocycles. The first-order chi connectivity index (χ1) is 13.4. The molecule has 0 aliphatic heterocycles. The highest BCUT2D eigenvalue weighted by Gasteiger charge is 2.21. The molecule has 0 radical (unpaired) electrons. The maximum absolute atomic E-state index is 12.4. The van der Waals surface area contributed by atoms with Crippen LogP contribution in [-0.2, 0) is 14.3 Å². The van der Waals surface area contributed by atoms with E-state index in [0.717, 1.165) is 5.56 Å². The number of benzene rings is 2. The molecule has 0 spiro atoms. The zero-order valence-electron chi connectivity index (χ0n) is 16.6. The maximum atomic E-state index is 12.4. The summed E-state index contributed by atoms with van der Waals surface area (Å²) in [5.74, 6) is -0.851. The van der Waals surface area contributed by atoms with Gasteiger partial charge < -0.3 is 10.1 Å². The number of amides is 1. The minimum Gasteiger partial charge on any atom is -0.457 e. The van der Waals surface area contributed by atoms with Gasteiger partial charge in [-0.3, -0.25) is 14.4 Å². The Bertz CT molecular complexity index is 797. The summed E-state index contributed by atoms with van der Waals surface area (Å²) < 4.78 is 5.25. The van der Waals surface area contributed by atoms with E-state index in [1.165, 1.54) is 0 Å². The number of anilines is 1. The number of hydrogen-bond acceptors (Lipinski definition) is 4. The van der Waals surface area contributed by atoms with Gasteiger partial charge in [0.15, 0.2) is 12.4 Å². The van der Waals surface area contributed by atoms with Crippen LogP contribution in [0.3, 0.4) is 0 Å². The molecule has 148 valence electrons. The lowest BCUT2D eigenvalue weighted by Gasteiger charge is -2.14. The molecule has 2 rings (SSSR count). The number of Topliss-reactive ketones (excluding diaryl/α,β-unsaturated/α-hetero) is 1. The average Bonchev–Trinajstić information content (AvgIpc) is 2.67. The van der Waals surface area contributed by atoms with Crippen molar-refractivity contribution in [2.24, 2.45) is 5.92 Å². The fourth-order valence-corrected chi connectivity index (χ4v) is 2.87. The van der Waals surface area contributed by atoms with Crippen LogP contribution in [0.25, 0.3) is 0 Å². The fourth-order valence-electron chi connectivity index (χ4n) is 2.87. The largest absolute Gasteiger partial charge is 0.457 e. The molecule has 0 saturated heterocycles. The fraction of sp³-hybridized carbons (Fsp3) is 0.348. The quantitative estimate of drug-likeness (QED) is 0.509. The molecule has 0 fully saturated rings. The van der Waals surface area contributed by atoms with Gasteiger partial charge in [0.05, 0.1) is 5.92 Å². The first-order valence-corrected chi connectivity index (χ1v) is 9.55. The van der Waals surface area contributed by atoms with Crippen LogP contribution < -0.4 is 5.32 Å². The highest BCUT2D eigenvalue weighted by molar-refractivity contribution is 5.99. The Balaban J connectivity index is 1.90. The standard InChI is InChI=1S/C23H27NO4/c1-4-20(17-8-6-5-7-9-17)23(27)28-15-21(25)18-10-12-19(13-11-18)24-22(26)14-16(2)3/h5-13,16,20H,4,14-15H2,1-3H3,(H,24,26)/t20-/m0/s1. The highest BCUT2D eigenvalue weighted by Crippen LogP contribution is 2.21. The summed E-state index contributed by atoms with van der Waals surface area (Å²) in [5, 5.41) is 2.79. The number of ether oxygens (including phenoxy) is 1. The zero-order valence-corrected chi connectivity index (χ0v) is 16.6. The van der Waals surface area contributed by atoms with E-state index in [2.05, 4.69) is 5.32 Å². The third-order valence-corrected chi connectivity index (χ3v) is 4.32. The number of nitrogens with one attached hydrogen (secondary N) is 1. The first kappa shape index (κ1) is 21.4. The maximum Gasteiger partial charge on any atom is 0.313 e. The van der Waals surface area contributed by atoms with E-state index in [1.54, 1.807) is 24.3 Å². The monoisotopic (exact) mass is 381 g/mol. The van der Waals surface area contributed by atoms with Crippen molar-refractivity contribution in [3.8, 4) is 0 Å². The van der Waals surface area contributed by atoms with Gasteiger partial charge in [0, 0.05) is 17.7 Å². The second-order valence-electron chi connectivity index (χ2n) is 7.13. The van der Waals surface area contributed by atoms with Crippen LogP contribution >= 0.6 is 0 Å². The molecule has 1 atom stereocenters. The SMILES string of the molecule is CC[C@H](C(=O)OCC(=O)c1ccc(NC(=O)CC(C)C)cc1)c1ccccc1. The van der Waals surface area contributed by atoms with Crippen molar-refractivity contribution in [3.63, 3.8) is 0 Å². The molecule has 0 saturated carbocycles. The molecule has 0 aliphatic carbocycles. The van der Waals surface area contributed by atoms with E-state index < -0.39 is 5.97 Å². The zero-order chi connectivity index (χ0) is 20.5. The lowest BCUT2D eigenvalue weighted by Crippen LogP contribution is -2.20. The van der Waals surface area contributed by atoms with Crippen LogP contribution in [0.5, 0.6) is 0 Å². The van der Waals surface area contributed by atoms with Crippen LogP contribution in [0, 0.1) is 5.92 Å². The van der Waals surface area contributed by atoms with Gasteiger partial charge in [-0.25, -0.2) is 0 Å². The van der Waals surface area contributed by atoms with Crippen molar-refractivity contribution >= 4 is 23.3 Å². The van der Waals surface area contributed by atoms with Gasteiger partial charge in [0.25, 0.3) is 0 Å². The summed E-state index contributed by atoms with van der Waals surface area (Å²) in [6, 6.07) is 16.0. The van der Waals surface area contributed by atoms with Gasteiger partial charge in [-0.1, -0.05) is 51.1 Å². The molecule has 5 heteroatoms. The minimum absolute atomic E-state index is 0.0606. The summed E-state index contributed by atoms with van der Waals surface area (Å²) in [5.41, 5.74) is 1.95. The Labute approximate surface area is 166 Å². The normalized spacial score (nSPS) is 11.7. The average molecular weight is 381 g/mol. The second-order valence-corrected chi connectivity index (χ2v) is 7.13. The van der Waals surface area contributed by atoms with Crippen molar-refractivity contribution in [3.05, 3.63) is 65.7 Å². The van der Waals surface area contributed by atoms with Gasteiger partial charge in [0.2, 0.25) is 5.91 Å². The second kappa shape index (κ2) is 10.4. The van der Waals surface area contributed by atoms with E-state index in [4.69, 9.17) is 4.74 Å². The summed E-state index contributed by atoms with van der Waals surface area (Å²) >= 11 is 0. The smallest absolute Gasteiger partial charge is 0.313 e. The van der Waals surface area contributed by atoms with Gasteiger partial charge in [-0.05, 0) is 42.2 Å². The molecule has 0 unspecified atom stereocenters. The Kier molecular flexibility index (Phi) is 7.93. The number of hydrogen-bond donors (Lipinski definition) is 1. The predicted molar refractivity (Wildman–Crippen MR) is 109 cm³/mol. The molecule has 0 heterocycles. The van der Waals surface area contributed by atoms with Crippen molar-refractivity contribution in [2.75, 3.05) is 11.9 Å². The van der Waals surface area contributed by atoms with Gasteiger partial charge in [-0.2, -0.15) is 0 Å². The summed E-state index contributed by atoms with van der Waals surface area (Å²) in [6.07, 6.45) is 1.04. The lowest BCUT2D eigenvalue weighted by molar-refractivity contribution is -0.144. The van der Waals surface area contributed by atoms with E-state index in [-0.39, 0.29) is 30.1 Å². The number of esters is 1. The Morgan fingerprint density at radius 1 is 0.964 bits per heavy atom. The number of rotatable bonds is 9. The van der Waals surface area contributed by atoms with Crippen LogP contribution in [0.4, 0.5) is 5.69 Å². The summed E-state index contributed by atoms with van der Waals surface area (Å²) in [4.78, 5) is 36.5. The van der Waals surface area contributed by atoms with E-state index in [0.29, 0.717) is 24.1 Å². The molecule has 2 aromatic carbocycles. The van der Waals surface area contributed by atoms with Crippen LogP contribution in [0.15, 0.2) is 54.6 Å². The molecule has 1 amide bonds. The van der Waals surface area contributed by atoms with Gasteiger partial charge in [0.1, 0.15) is 0 Å². The molecule has 2 aromatic rings. The van der Waals surface area contributed by atoms with Gasteiger partial charge in [-0.15, -0.1) is 0 Å². The predicted octanol–water partition coefficient (Wildman–Crippen LogP) is 4.59. The molecular weight excluding hydrogens is 354 g/mol. The van der Waals surface area contributed by atoms with Crippen molar-refractivity contribution < 1.29 is 19.1 Å².